The second-order valence-electron chi connectivity index (χ2n) is 8.34. The zero-order valence-corrected chi connectivity index (χ0v) is 20.0. The van der Waals surface area contributed by atoms with Crippen LogP contribution in [0.25, 0.3) is 22.0 Å². The fourth-order valence-corrected chi connectivity index (χ4v) is 4.87. The van der Waals surface area contributed by atoms with Crippen molar-refractivity contribution in [3.8, 4) is 16.9 Å². The quantitative estimate of drug-likeness (QED) is 0.339. The fraction of sp³-hybridized carbons (Fsp3) is 0.179. The number of aryl methyl sites for hydroxylation is 1. The van der Waals surface area contributed by atoms with E-state index in [2.05, 4.69) is 6.07 Å². The van der Waals surface area contributed by atoms with Gasteiger partial charge in [-0.3, -0.25) is 9.78 Å². The lowest BCUT2D eigenvalue weighted by Crippen LogP contribution is -2.24. The maximum atomic E-state index is 12.6. The van der Waals surface area contributed by atoms with Crippen molar-refractivity contribution in [1.29, 1.82) is 0 Å². The molecule has 34 heavy (non-hydrogen) atoms. The monoisotopic (exact) mass is 469 g/mol. The Labute approximate surface area is 203 Å². The summed E-state index contributed by atoms with van der Waals surface area (Å²) in [5, 5.41) is 8.11. The number of carbonyl (C=O) groups excluding carboxylic acids is 1. The van der Waals surface area contributed by atoms with Crippen molar-refractivity contribution in [2.75, 3.05) is 7.11 Å². The van der Waals surface area contributed by atoms with Gasteiger partial charge < -0.3 is 4.74 Å². The van der Waals surface area contributed by atoms with Gasteiger partial charge in [0, 0.05) is 46.1 Å². The first kappa shape index (κ1) is 22.1. The number of para-hydroxylation sites is 2. The van der Waals surface area contributed by atoms with Crippen LogP contribution in [0.15, 0.2) is 77.9 Å². The van der Waals surface area contributed by atoms with Crippen LogP contribution >= 0.6 is 11.6 Å². The molecule has 170 valence electrons. The van der Waals surface area contributed by atoms with Gasteiger partial charge in [0.2, 0.25) is 5.91 Å². The predicted octanol–water partition coefficient (Wildman–Crippen LogP) is 6.57. The van der Waals surface area contributed by atoms with Crippen LogP contribution < -0.4 is 4.74 Å². The van der Waals surface area contributed by atoms with Crippen LogP contribution in [0.2, 0.25) is 5.02 Å². The zero-order chi connectivity index (χ0) is 23.8. The molecule has 0 unspecified atom stereocenters. The molecule has 5 nitrogen and oxygen atoms in total. The number of ether oxygens (including phenoxy) is 1. The number of hydrogen-bond donors (Lipinski definition) is 0. The van der Waals surface area contributed by atoms with E-state index in [-0.39, 0.29) is 11.9 Å². The number of nitrogens with zero attached hydrogens (tertiary/aromatic N) is 3. The van der Waals surface area contributed by atoms with Gasteiger partial charge in [0.25, 0.3) is 0 Å². The minimum Gasteiger partial charge on any atom is -0.496 e. The first-order valence-corrected chi connectivity index (χ1v) is 11.5. The topological polar surface area (TPSA) is 54.8 Å². The van der Waals surface area contributed by atoms with Crippen molar-refractivity contribution in [1.82, 2.24) is 9.99 Å². The van der Waals surface area contributed by atoms with E-state index in [1.54, 1.807) is 19.0 Å². The molecule has 6 heteroatoms. The fourth-order valence-electron chi connectivity index (χ4n) is 4.74. The summed E-state index contributed by atoms with van der Waals surface area (Å²) in [6.45, 7) is 3.54. The van der Waals surface area contributed by atoms with Gasteiger partial charge >= 0.3 is 0 Å². The van der Waals surface area contributed by atoms with E-state index < -0.39 is 0 Å². The van der Waals surface area contributed by atoms with E-state index in [1.165, 1.54) is 0 Å². The van der Waals surface area contributed by atoms with Crippen LogP contribution in [0.4, 0.5) is 0 Å². The number of halogens is 1. The number of aromatic nitrogens is 1. The van der Waals surface area contributed by atoms with Crippen molar-refractivity contribution < 1.29 is 9.53 Å². The molecular weight excluding hydrogens is 446 g/mol. The maximum Gasteiger partial charge on any atom is 0.240 e. The second-order valence-corrected chi connectivity index (χ2v) is 8.78. The molecule has 1 aliphatic rings. The van der Waals surface area contributed by atoms with Crippen LogP contribution in [0, 0.1) is 6.92 Å². The van der Waals surface area contributed by atoms with E-state index in [0.717, 1.165) is 50.3 Å². The van der Waals surface area contributed by atoms with Gasteiger partial charge in [0.15, 0.2) is 0 Å². The number of amides is 1. The zero-order valence-electron chi connectivity index (χ0n) is 19.2. The summed E-state index contributed by atoms with van der Waals surface area (Å²) in [5.41, 5.74) is 6.56. The highest BCUT2D eigenvalue weighted by molar-refractivity contribution is 6.30. The molecule has 0 saturated heterocycles. The number of pyridine rings is 1. The van der Waals surface area contributed by atoms with E-state index >= 15 is 0 Å². The Morgan fingerprint density at radius 3 is 2.44 bits per heavy atom. The minimum atomic E-state index is -0.257. The molecule has 0 N–H and O–H groups in total. The van der Waals surface area contributed by atoms with E-state index in [9.17, 15) is 4.79 Å². The molecule has 2 heterocycles. The van der Waals surface area contributed by atoms with Crippen molar-refractivity contribution in [3.63, 3.8) is 0 Å². The van der Waals surface area contributed by atoms with Crippen LogP contribution in [-0.4, -0.2) is 28.7 Å². The van der Waals surface area contributed by atoms with Gasteiger partial charge in [-0.15, -0.1) is 0 Å². The summed E-state index contributed by atoms with van der Waals surface area (Å²) in [6.07, 6.45) is 0.557. The normalized spacial score (nSPS) is 15.5. The maximum absolute atomic E-state index is 12.6. The van der Waals surface area contributed by atoms with Crippen molar-refractivity contribution in [2.45, 2.75) is 26.3 Å². The van der Waals surface area contributed by atoms with E-state index in [1.807, 2.05) is 73.7 Å². The van der Waals surface area contributed by atoms with Gasteiger partial charge in [-0.25, -0.2) is 5.01 Å². The van der Waals surface area contributed by atoms with Crippen LogP contribution in [0.5, 0.6) is 5.75 Å². The molecule has 4 aromatic rings. The molecule has 0 fully saturated rings. The van der Waals surface area contributed by atoms with Crippen LogP contribution in [-0.2, 0) is 4.79 Å². The highest BCUT2D eigenvalue weighted by Crippen LogP contribution is 2.41. The largest absolute Gasteiger partial charge is 0.496 e. The third kappa shape index (κ3) is 3.82. The van der Waals surface area contributed by atoms with Crippen molar-refractivity contribution in [3.05, 3.63) is 94.6 Å². The van der Waals surface area contributed by atoms with E-state index in [0.29, 0.717) is 11.4 Å². The molecule has 3 aromatic carbocycles. The second kappa shape index (κ2) is 8.92. The lowest BCUT2D eigenvalue weighted by atomic mass is 9.89. The summed E-state index contributed by atoms with van der Waals surface area (Å²) >= 11 is 6.19. The SMILES string of the molecule is COc1ccccc1[C@@H]1CC(c2c(C)nc3ccccc3c2-c2ccc(Cl)cc2)=NN1C(C)=O. The van der Waals surface area contributed by atoms with Gasteiger partial charge in [-0.2, -0.15) is 5.10 Å². The summed E-state index contributed by atoms with van der Waals surface area (Å²) in [5.74, 6) is 0.617. The summed E-state index contributed by atoms with van der Waals surface area (Å²) in [7, 11) is 1.64. The lowest BCUT2D eigenvalue weighted by Gasteiger charge is -2.22. The number of benzene rings is 3. The average Bonchev–Trinajstić information content (AvgIpc) is 3.29. The number of rotatable bonds is 4. The van der Waals surface area contributed by atoms with Crippen LogP contribution in [0.1, 0.15) is 36.2 Å². The molecule has 1 atom stereocenters. The Kier molecular flexibility index (Phi) is 5.80. The molecule has 1 aromatic heterocycles. The first-order valence-electron chi connectivity index (χ1n) is 11.1. The molecule has 1 aliphatic heterocycles. The Balaban J connectivity index is 1.72. The Morgan fingerprint density at radius 2 is 1.71 bits per heavy atom. The molecule has 0 aliphatic carbocycles. The number of fused-ring (bicyclic) bond motifs is 1. The summed E-state index contributed by atoms with van der Waals surface area (Å²) < 4.78 is 5.60. The molecule has 0 spiro atoms. The molecule has 0 saturated carbocycles. The number of hydrazone groups is 1. The predicted molar refractivity (Wildman–Crippen MR) is 136 cm³/mol. The smallest absolute Gasteiger partial charge is 0.240 e. The third-order valence-electron chi connectivity index (χ3n) is 6.23. The van der Waals surface area contributed by atoms with Gasteiger partial charge in [0.1, 0.15) is 5.75 Å². The number of carbonyl (C=O) groups is 1. The van der Waals surface area contributed by atoms with Crippen LogP contribution in [0.3, 0.4) is 0 Å². The molecule has 1 amide bonds. The average molecular weight is 470 g/mol. The van der Waals surface area contributed by atoms with Gasteiger partial charge in [-0.05, 0) is 36.8 Å². The standard InChI is InChI=1S/C28H24ClN3O2/c1-17-27(24-16-25(32(31-24)18(2)33)22-9-5-7-11-26(22)34-3)28(19-12-14-20(29)15-13-19)21-8-4-6-10-23(21)30-17/h4-15,25H,16H2,1-3H3/t25-/m0/s1. The lowest BCUT2D eigenvalue weighted by molar-refractivity contribution is -0.130. The Morgan fingerprint density at radius 1 is 1.00 bits per heavy atom. The minimum absolute atomic E-state index is 0.120. The first-order chi connectivity index (χ1) is 16.5. The van der Waals surface area contributed by atoms with Gasteiger partial charge in [-0.1, -0.05) is 60.1 Å². The molecule has 0 bridgehead atoms. The van der Waals surface area contributed by atoms with Crippen molar-refractivity contribution in [2.24, 2.45) is 5.10 Å². The highest BCUT2D eigenvalue weighted by Gasteiger charge is 2.35. The summed E-state index contributed by atoms with van der Waals surface area (Å²) in [4.78, 5) is 17.5. The Hall–Kier alpha value is -3.70. The molecule has 5 rings (SSSR count). The summed E-state index contributed by atoms with van der Waals surface area (Å²) in [6, 6.07) is 23.4. The highest BCUT2D eigenvalue weighted by atomic mass is 35.5. The number of methoxy groups -OCH3 is 1. The number of hydrogen-bond acceptors (Lipinski definition) is 4. The third-order valence-corrected chi connectivity index (χ3v) is 6.48. The van der Waals surface area contributed by atoms with Gasteiger partial charge in [0.05, 0.1) is 24.4 Å². The Bertz CT molecular complexity index is 1430. The molecule has 0 radical (unpaired) electrons. The van der Waals surface area contributed by atoms with Crippen molar-refractivity contribution >= 4 is 34.1 Å². The van der Waals surface area contributed by atoms with E-state index in [4.69, 9.17) is 26.4 Å². The molecular formula is C28H24ClN3O2.